The Morgan fingerprint density at radius 1 is 1.24 bits per heavy atom. The van der Waals surface area contributed by atoms with E-state index in [-0.39, 0.29) is 30.5 Å². The van der Waals surface area contributed by atoms with Crippen LogP contribution >= 0.6 is 11.3 Å². The Kier molecular flexibility index (Phi) is 5.00. The van der Waals surface area contributed by atoms with Gasteiger partial charge in [0.05, 0.1) is 17.8 Å². The summed E-state index contributed by atoms with van der Waals surface area (Å²) in [7, 11) is 0. The lowest BCUT2D eigenvalue weighted by molar-refractivity contribution is -0.122. The number of hydrogen-bond acceptors (Lipinski definition) is 5. The maximum Gasteiger partial charge on any atom is 0.262 e. The predicted octanol–water partition coefficient (Wildman–Crippen LogP) is 4.40. The topological polar surface area (TPSA) is 77.1 Å². The van der Waals surface area contributed by atoms with Gasteiger partial charge in [-0.25, -0.2) is 4.98 Å². The number of para-hydroxylation sites is 1. The molecule has 0 aliphatic heterocycles. The van der Waals surface area contributed by atoms with Crippen molar-refractivity contribution in [2.75, 3.05) is 0 Å². The van der Waals surface area contributed by atoms with Gasteiger partial charge in [-0.05, 0) is 39.3 Å². The van der Waals surface area contributed by atoms with Crippen molar-refractivity contribution in [3.63, 3.8) is 0 Å². The smallest absolute Gasteiger partial charge is 0.262 e. The molecule has 3 heterocycles. The van der Waals surface area contributed by atoms with E-state index >= 15 is 0 Å². The van der Waals surface area contributed by atoms with Gasteiger partial charge in [-0.3, -0.25) is 14.2 Å². The van der Waals surface area contributed by atoms with Gasteiger partial charge in [0.15, 0.2) is 0 Å². The molecule has 1 N–H and O–H groups in total. The second-order valence-corrected chi connectivity index (χ2v) is 8.54. The molecule has 0 saturated carbocycles. The summed E-state index contributed by atoms with van der Waals surface area (Å²) < 4.78 is 7.44. The van der Waals surface area contributed by atoms with Crippen molar-refractivity contribution in [3.8, 4) is 0 Å². The average molecular weight is 410 g/mol. The fourth-order valence-electron chi connectivity index (χ4n) is 3.64. The van der Waals surface area contributed by atoms with E-state index in [4.69, 9.17) is 4.42 Å². The minimum absolute atomic E-state index is 0.0918. The third-order valence-corrected chi connectivity index (χ3v) is 6.50. The Bertz CT molecular complexity index is 1280. The lowest BCUT2D eigenvalue weighted by atomic mass is 10.1. The van der Waals surface area contributed by atoms with E-state index in [2.05, 4.69) is 10.3 Å². The zero-order valence-electron chi connectivity index (χ0n) is 16.9. The molecule has 7 heteroatoms. The number of carbonyl (C=O) groups is 1. The number of thiophene rings is 1. The van der Waals surface area contributed by atoms with Gasteiger partial charge >= 0.3 is 0 Å². The van der Waals surface area contributed by atoms with Crippen LogP contribution in [0.1, 0.15) is 41.2 Å². The number of aromatic nitrogens is 2. The van der Waals surface area contributed by atoms with Crippen molar-refractivity contribution in [2.45, 2.75) is 46.7 Å². The molecule has 0 radical (unpaired) electrons. The minimum Gasteiger partial charge on any atom is -0.459 e. The number of amides is 1. The van der Waals surface area contributed by atoms with E-state index in [9.17, 15) is 9.59 Å². The SMILES string of the molecule is Cc1sc2ncn(CCC(=O)NC(C)c3oc4ccccc4c3C)c(=O)c2c1C. The highest BCUT2D eigenvalue weighted by molar-refractivity contribution is 7.18. The van der Waals surface area contributed by atoms with Crippen molar-refractivity contribution in [1.29, 1.82) is 0 Å². The van der Waals surface area contributed by atoms with E-state index in [1.54, 1.807) is 0 Å². The van der Waals surface area contributed by atoms with E-state index in [0.717, 1.165) is 37.6 Å². The van der Waals surface area contributed by atoms with Gasteiger partial charge in [0, 0.05) is 28.8 Å². The molecule has 29 heavy (non-hydrogen) atoms. The molecular formula is C22H23N3O3S. The number of hydrogen-bond donors (Lipinski definition) is 1. The molecule has 0 fully saturated rings. The van der Waals surface area contributed by atoms with Gasteiger partial charge in [-0.15, -0.1) is 11.3 Å². The van der Waals surface area contributed by atoms with Crippen molar-refractivity contribution < 1.29 is 9.21 Å². The van der Waals surface area contributed by atoms with Crippen LogP contribution in [0.25, 0.3) is 21.2 Å². The third kappa shape index (κ3) is 3.46. The summed E-state index contributed by atoms with van der Waals surface area (Å²) in [5, 5.41) is 4.68. The average Bonchev–Trinajstić information content (AvgIpc) is 3.19. The monoisotopic (exact) mass is 409 g/mol. The van der Waals surface area contributed by atoms with Crippen LogP contribution < -0.4 is 10.9 Å². The number of benzene rings is 1. The maximum atomic E-state index is 12.7. The van der Waals surface area contributed by atoms with Gasteiger partial charge in [0.2, 0.25) is 5.91 Å². The fourth-order valence-corrected chi connectivity index (χ4v) is 4.62. The zero-order valence-corrected chi connectivity index (χ0v) is 17.7. The second-order valence-electron chi connectivity index (χ2n) is 7.33. The molecule has 150 valence electrons. The summed E-state index contributed by atoms with van der Waals surface area (Å²) in [5.74, 6) is 0.617. The van der Waals surface area contributed by atoms with Crippen LogP contribution in [0.2, 0.25) is 0 Å². The number of nitrogens with zero attached hydrogens (tertiary/aromatic N) is 2. The molecule has 0 aliphatic rings. The molecule has 0 aliphatic carbocycles. The first-order valence-corrected chi connectivity index (χ1v) is 10.4. The Balaban J connectivity index is 1.47. The van der Waals surface area contributed by atoms with Gasteiger partial charge in [0.1, 0.15) is 16.2 Å². The van der Waals surface area contributed by atoms with Crippen LogP contribution in [-0.2, 0) is 11.3 Å². The quantitative estimate of drug-likeness (QED) is 0.530. The Morgan fingerprint density at radius 3 is 2.76 bits per heavy atom. The first kappa shape index (κ1) is 19.4. The molecule has 0 spiro atoms. The molecule has 1 aromatic carbocycles. The fraction of sp³-hybridized carbons (Fsp3) is 0.318. The first-order valence-electron chi connectivity index (χ1n) is 9.59. The van der Waals surface area contributed by atoms with E-state index in [1.165, 1.54) is 22.2 Å². The van der Waals surface area contributed by atoms with Crippen molar-refractivity contribution in [3.05, 3.63) is 62.7 Å². The van der Waals surface area contributed by atoms with E-state index in [0.29, 0.717) is 5.39 Å². The molecule has 0 saturated heterocycles. The van der Waals surface area contributed by atoms with Crippen molar-refractivity contribution >= 4 is 38.4 Å². The molecule has 6 nitrogen and oxygen atoms in total. The molecule has 4 rings (SSSR count). The number of aryl methyl sites for hydroxylation is 4. The summed E-state index contributed by atoms with van der Waals surface area (Å²) in [6, 6.07) is 7.57. The van der Waals surface area contributed by atoms with Gasteiger partial charge in [-0.1, -0.05) is 18.2 Å². The number of fused-ring (bicyclic) bond motifs is 2. The van der Waals surface area contributed by atoms with Gasteiger partial charge < -0.3 is 9.73 Å². The second kappa shape index (κ2) is 7.48. The Hall–Kier alpha value is -2.93. The summed E-state index contributed by atoms with van der Waals surface area (Å²) in [6.07, 6.45) is 1.72. The third-order valence-electron chi connectivity index (χ3n) is 5.39. The summed E-state index contributed by atoms with van der Waals surface area (Å²) in [5.41, 5.74) is 2.72. The highest BCUT2D eigenvalue weighted by atomic mass is 32.1. The molecule has 1 unspecified atom stereocenters. The highest BCUT2D eigenvalue weighted by Crippen LogP contribution is 2.29. The largest absolute Gasteiger partial charge is 0.459 e. The molecule has 1 atom stereocenters. The Labute approximate surface area is 172 Å². The van der Waals surface area contributed by atoms with Crippen molar-refractivity contribution in [2.24, 2.45) is 0 Å². The highest BCUT2D eigenvalue weighted by Gasteiger charge is 2.18. The van der Waals surface area contributed by atoms with Crippen LogP contribution in [0.4, 0.5) is 0 Å². The lowest BCUT2D eigenvalue weighted by Gasteiger charge is -2.13. The number of rotatable bonds is 5. The summed E-state index contributed by atoms with van der Waals surface area (Å²) >= 11 is 1.52. The Morgan fingerprint density at radius 2 is 2.00 bits per heavy atom. The van der Waals surface area contributed by atoms with E-state index in [1.807, 2.05) is 52.0 Å². The zero-order chi connectivity index (χ0) is 20.7. The molecule has 1 amide bonds. The number of carbonyl (C=O) groups excluding carboxylic acids is 1. The minimum atomic E-state index is -0.256. The lowest BCUT2D eigenvalue weighted by Crippen LogP contribution is -2.29. The first-order chi connectivity index (χ1) is 13.9. The van der Waals surface area contributed by atoms with Gasteiger partial charge in [0.25, 0.3) is 5.56 Å². The number of nitrogens with one attached hydrogen (secondary N) is 1. The molecular weight excluding hydrogens is 386 g/mol. The van der Waals surface area contributed by atoms with Crippen molar-refractivity contribution in [1.82, 2.24) is 14.9 Å². The summed E-state index contributed by atoms with van der Waals surface area (Å²) in [4.78, 5) is 31.5. The van der Waals surface area contributed by atoms with Gasteiger partial charge in [-0.2, -0.15) is 0 Å². The summed E-state index contributed by atoms with van der Waals surface area (Å²) in [6.45, 7) is 8.11. The molecule has 3 aromatic heterocycles. The predicted molar refractivity (Wildman–Crippen MR) is 115 cm³/mol. The molecule has 0 bridgehead atoms. The maximum absolute atomic E-state index is 12.7. The molecule has 4 aromatic rings. The standard InChI is InChI=1S/C22H23N3O3S/c1-12-15(4)29-21-19(12)22(27)25(11-23-21)10-9-18(26)24-14(3)20-13(2)16-7-5-6-8-17(16)28-20/h5-8,11,14H,9-10H2,1-4H3,(H,24,26). The van der Waals surface area contributed by atoms with Crippen LogP contribution in [0, 0.1) is 20.8 Å². The van der Waals surface area contributed by atoms with Crippen LogP contribution in [0.3, 0.4) is 0 Å². The normalized spacial score (nSPS) is 12.6. The van der Waals surface area contributed by atoms with Crippen LogP contribution in [0.5, 0.6) is 0 Å². The van der Waals surface area contributed by atoms with Crippen LogP contribution in [-0.4, -0.2) is 15.5 Å². The van der Waals surface area contributed by atoms with Crippen LogP contribution in [0.15, 0.2) is 39.8 Å². The van der Waals surface area contributed by atoms with E-state index < -0.39 is 0 Å². The number of furan rings is 1.